The molecule has 0 aromatic rings. The lowest BCUT2D eigenvalue weighted by Crippen LogP contribution is -2.30. The van der Waals surface area contributed by atoms with Gasteiger partial charge < -0.3 is 5.73 Å². The van der Waals surface area contributed by atoms with E-state index in [9.17, 15) is 4.79 Å². The number of carbonyl (C=O) groups is 1. The zero-order valence-corrected chi connectivity index (χ0v) is 9.74. The summed E-state index contributed by atoms with van der Waals surface area (Å²) in [5.74, 6) is 0.969. The molecule has 1 aliphatic heterocycles. The van der Waals surface area contributed by atoms with E-state index in [0.717, 1.165) is 19.4 Å². The number of carbonyl (C=O) groups excluding carboxylic acids is 1. The van der Waals surface area contributed by atoms with Crippen molar-refractivity contribution >= 4 is 5.91 Å². The van der Waals surface area contributed by atoms with E-state index in [2.05, 4.69) is 13.8 Å². The van der Waals surface area contributed by atoms with Gasteiger partial charge in [0.15, 0.2) is 0 Å². The molecule has 4 nitrogen and oxygen atoms in total. The maximum Gasteiger partial charge on any atom is 0.246 e. The van der Waals surface area contributed by atoms with Gasteiger partial charge in [0.25, 0.3) is 0 Å². The van der Waals surface area contributed by atoms with Crippen LogP contribution in [0, 0.1) is 11.8 Å². The predicted octanol–water partition coefficient (Wildman–Crippen LogP) is 1.16. The van der Waals surface area contributed by atoms with E-state index in [0.29, 0.717) is 31.4 Å². The molecule has 1 aliphatic rings. The van der Waals surface area contributed by atoms with Crippen LogP contribution in [0.15, 0.2) is 0 Å². The smallest absolute Gasteiger partial charge is 0.246 e. The summed E-state index contributed by atoms with van der Waals surface area (Å²) in [6.07, 6.45) is 2.48. The molecular weight excluding hydrogens is 192 g/mol. The maximum atomic E-state index is 11.7. The Hall–Kier alpha value is -0.610. The van der Waals surface area contributed by atoms with E-state index in [1.165, 1.54) is 5.06 Å². The van der Waals surface area contributed by atoms with E-state index in [1.54, 1.807) is 0 Å². The lowest BCUT2D eigenvalue weighted by atomic mass is 9.94. The van der Waals surface area contributed by atoms with Crippen molar-refractivity contribution in [1.29, 1.82) is 0 Å². The summed E-state index contributed by atoms with van der Waals surface area (Å²) in [7, 11) is 0. The van der Waals surface area contributed by atoms with Gasteiger partial charge in [-0.15, -0.1) is 0 Å². The van der Waals surface area contributed by atoms with E-state index < -0.39 is 0 Å². The summed E-state index contributed by atoms with van der Waals surface area (Å²) < 4.78 is 0. The highest BCUT2D eigenvalue weighted by Gasteiger charge is 2.22. The lowest BCUT2D eigenvalue weighted by molar-refractivity contribution is -0.169. The summed E-state index contributed by atoms with van der Waals surface area (Å²) in [6, 6.07) is 0. The van der Waals surface area contributed by atoms with E-state index in [4.69, 9.17) is 10.6 Å². The molecule has 15 heavy (non-hydrogen) atoms. The molecular formula is C11H22N2O2. The first-order chi connectivity index (χ1) is 7.13. The largest absolute Gasteiger partial charge is 0.330 e. The highest BCUT2D eigenvalue weighted by atomic mass is 16.7. The molecule has 0 aliphatic carbocycles. The van der Waals surface area contributed by atoms with Crippen LogP contribution >= 0.6 is 0 Å². The third-order valence-corrected chi connectivity index (χ3v) is 2.63. The van der Waals surface area contributed by atoms with Crippen LogP contribution in [0.3, 0.4) is 0 Å². The average molecular weight is 214 g/mol. The van der Waals surface area contributed by atoms with Crippen molar-refractivity contribution in [2.45, 2.75) is 33.1 Å². The van der Waals surface area contributed by atoms with Gasteiger partial charge in [-0.1, -0.05) is 13.8 Å². The zero-order chi connectivity index (χ0) is 11.3. The van der Waals surface area contributed by atoms with Gasteiger partial charge in [-0.2, -0.15) is 0 Å². The van der Waals surface area contributed by atoms with Crippen molar-refractivity contribution in [3.8, 4) is 0 Å². The maximum absolute atomic E-state index is 11.7. The van der Waals surface area contributed by atoms with Crippen molar-refractivity contribution in [1.82, 2.24) is 5.06 Å². The normalized spacial score (nSPS) is 18.5. The second-order valence-electron chi connectivity index (χ2n) is 4.62. The highest BCUT2D eigenvalue weighted by Crippen LogP contribution is 2.17. The van der Waals surface area contributed by atoms with E-state index in [-0.39, 0.29) is 5.91 Å². The average Bonchev–Trinajstić information content (AvgIpc) is 2.68. The second-order valence-corrected chi connectivity index (χ2v) is 4.62. The van der Waals surface area contributed by atoms with Crippen molar-refractivity contribution in [3.63, 3.8) is 0 Å². The predicted molar refractivity (Wildman–Crippen MR) is 58.9 cm³/mol. The summed E-state index contributed by atoms with van der Waals surface area (Å²) in [5.41, 5.74) is 5.66. The number of amides is 1. The van der Waals surface area contributed by atoms with Crippen LogP contribution in [0.1, 0.15) is 33.1 Å². The standard InChI is InChI=1S/C11H22N2O2/c1-9(2)6-10(8-12)7-11(14)13-4-3-5-15-13/h9-10H,3-8,12H2,1-2H3/t10-/m0/s1. The molecule has 0 spiro atoms. The minimum atomic E-state index is 0.0867. The highest BCUT2D eigenvalue weighted by molar-refractivity contribution is 5.75. The van der Waals surface area contributed by atoms with Crippen LogP contribution in [-0.4, -0.2) is 30.7 Å². The Bertz CT molecular complexity index is 201. The Kier molecular flexibility index (Phi) is 5.05. The van der Waals surface area contributed by atoms with Gasteiger partial charge in [0, 0.05) is 6.42 Å². The number of hydrogen-bond donors (Lipinski definition) is 1. The minimum absolute atomic E-state index is 0.0867. The van der Waals surface area contributed by atoms with E-state index in [1.807, 2.05) is 0 Å². The first kappa shape index (κ1) is 12.5. The fourth-order valence-corrected chi connectivity index (χ4v) is 1.92. The van der Waals surface area contributed by atoms with Crippen molar-refractivity contribution < 1.29 is 9.63 Å². The topological polar surface area (TPSA) is 55.6 Å². The molecule has 1 fully saturated rings. The molecule has 0 aromatic heterocycles. The molecule has 0 radical (unpaired) electrons. The number of nitrogens with two attached hydrogens (primary N) is 1. The van der Waals surface area contributed by atoms with Crippen LogP contribution in [0.2, 0.25) is 0 Å². The van der Waals surface area contributed by atoms with Crippen LogP contribution < -0.4 is 5.73 Å². The van der Waals surface area contributed by atoms with Crippen molar-refractivity contribution in [3.05, 3.63) is 0 Å². The molecule has 1 heterocycles. The minimum Gasteiger partial charge on any atom is -0.330 e. The van der Waals surface area contributed by atoms with Gasteiger partial charge in [-0.25, -0.2) is 5.06 Å². The Balaban J connectivity index is 2.33. The fourth-order valence-electron chi connectivity index (χ4n) is 1.92. The monoisotopic (exact) mass is 214 g/mol. The molecule has 1 amide bonds. The molecule has 0 aromatic carbocycles. The first-order valence-electron chi connectivity index (χ1n) is 5.76. The second kappa shape index (κ2) is 6.08. The zero-order valence-electron chi connectivity index (χ0n) is 9.74. The van der Waals surface area contributed by atoms with Gasteiger partial charge in [0.2, 0.25) is 5.91 Å². The van der Waals surface area contributed by atoms with Crippen LogP contribution in [0.5, 0.6) is 0 Å². The quantitative estimate of drug-likeness (QED) is 0.747. The molecule has 1 rings (SSSR count). The third kappa shape index (κ3) is 4.18. The molecule has 88 valence electrons. The molecule has 0 unspecified atom stereocenters. The molecule has 0 bridgehead atoms. The van der Waals surface area contributed by atoms with Crippen LogP contribution in [0.25, 0.3) is 0 Å². The van der Waals surface area contributed by atoms with Gasteiger partial charge in [-0.3, -0.25) is 9.63 Å². The van der Waals surface area contributed by atoms with Crippen molar-refractivity contribution in [2.24, 2.45) is 17.6 Å². The lowest BCUT2D eigenvalue weighted by Gasteiger charge is -2.20. The van der Waals surface area contributed by atoms with Crippen molar-refractivity contribution in [2.75, 3.05) is 19.7 Å². The fraction of sp³-hybridized carbons (Fsp3) is 0.909. The summed E-state index contributed by atoms with van der Waals surface area (Å²) in [5, 5.41) is 1.49. The third-order valence-electron chi connectivity index (χ3n) is 2.63. The van der Waals surface area contributed by atoms with E-state index >= 15 is 0 Å². The van der Waals surface area contributed by atoms with Gasteiger partial charge in [0.1, 0.15) is 0 Å². The first-order valence-corrected chi connectivity index (χ1v) is 5.76. The Morgan fingerprint density at radius 1 is 1.53 bits per heavy atom. The number of nitrogens with zero attached hydrogens (tertiary/aromatic N) is 1. The summed E-state index contributed by atoms with van der Waals surface area (Å²) in [6.45, 7) is 6.29. The van der Waals surface area contributed by atoms with Crippen LogP contribution in [0.4, 0.5) is 0 Å². The number of hydroxylamine groups is 2. The molecule has 4 heteroatoms. The summed E-state index contributed by atoms with van der Waals surface area (Å²) in [4.78, 5) is 16.9. The Morgan fingerprint density at radius 2 is 2.27 bits per heavy atom. The SMILES string of the molecule is CC(C)C[C@H](CN)CC(=O)N1CCCO1. The summed E-state index contributed by atoms with van der Waals surface area (Å²) >= 11 is 0. The number of hydrogen-bond acceptors (Lipinski definition) is 3. The molecule has 1 saturated heterocycles. The Morgan fingerprint density at radius 3 is 2.73 bits per heavy atom. The molecule has 1 atom stereocenters. The van der Waals surface area contributed by atoms with Gasteiger partial charge in [-0.05, 0) is 31.2 Å². The number of rotatable bonds is 5. The van der Waals surface area contributed by atoms with Crippen LogP contribution in [-0.2, 0) is 9.63 Å². The Labute approximate surface area is 91.7 Å². The van der Waals surface area contributed by atoms with Gasteiger partial charge >= 0.3 is 0 Å². The van der Waals surface area contributed by atoms with Gasteiger partial charge in [0.05, 0.1) is 13.2 Å². The molecule has 0 saturated carbocycles. The molecule has 2 N–H and O–H groups in total.